The molecule has 1 nitrogen and oxygen atoms in total. The van der Waals surface area contributed by atoms with Gasteiger partial charge in [0.15, 0.2) is 0 Å². The average Bonchev–Trinajstić information content (AvgIpc) is 1.35. The van der Waals surface area contributed by atoms with E-state index in [1.807, 2.05) is 0 Å². The Hall–Kier alpha value is 0.991. The molecule has 0 aromatic rings. The fourth-order valence-electron chi connectivity index (χ4n) is 0.455. The summed E-state index contributed by atoms with van der Waals surface area (Å²) in [5, 5.41) is 5.60. The SMILES string of the molecule is CCC[SiH](N)[SiH3].[Li]. The van der Waals surface area contributed by atoms with E-state index in [0.717, 1.165) is 0 Å². The van der Waals surface area contributed by atoms with E-state index in [4.69, 9.17) is 5.40 Å². The standard InChI is InChI=1S/C3H13NSi2.Li/c1-2-3-6(4)5;/h6H,2-4H2,1,5H3;. The van der Waals surface area contributed by atoms with E-state index in [1.54, 1.807) is 0 Å². The van der Waals surface area contributed by atoms with Crippen LogP contribution in [0.1, 0.15) is 13.3 Å². The fraction of sp³-hybridized carbons (Fsp3) is 1.00. The zero-order valence-corrected chi connectivity index (χ0v) is 8.72. The Bertz CT molecular complexity index is 34.1. The van der Waals surface area contributed by atoms with Gasteiger partial charge in [0.25, 0.3) is 0 Å². The maximum absolute atomic E-state index is 5.60. The summed E-state index contributed by atoms with van der Waals surface area (Å²) in [4.78, 5) is 0. The third kappa shape index (κ3) is 10.9. The molecule has 0 aromatic heterocycles. The van der Waals surface area contributed by atoms with Crippen molar-refractivity contribution in [2.24, 2.45) is 5.40 Å². The van der Waals surface area contributed by atoms with E-state index in [1.165, 1.54) is 22.2 Å². The summed E-state index contributed by atoms with van der Waals surface area (Å²) in [6, 6.07) is 1.35. The summed E-state index contributed by atoms with van der Waals surface area (Å²) in [5.74, 6) is 0. The second-order valence-corrected chi connectivity index (χ2v) is 8.75. The normalized spacial score (nSPS) is 12.9. The van der Waals surface area contributed by atoms with Crippen LogP contribution in [0.15, 0.2) is 0 Å². The van der Waals surface area contributed by atoms with Crippen LogP contribution in [0.5, 0.6) is 0 Å². The molecule has 4 heteroatoms. The zero-order chi connectivity index (χ0) is 4.99. The average molecular weight is 126 g/mol. The van der Waals surface area contributed by atoms with Gasteiger partial charge in [0.1, 0.15) is 0 Å². The van der Waals surface area contributed by atoms with Crippen LogP contribution in [0.25, 0.3) is 0 Å². The van der Waals surface area contributed by atoms with Gasteiger partial charge >= 0.3 is 0 Å². The minimum absolute atomic E-state index is 0. The number of hydrogen-bond acceptors (Lipinski definition) is 1. The Kier molecular flexibility index (Phi) is 10.9. The minimum Gasteiger partial charge on any atom is -0.356 e. The van der Waals surface area contributed by atoms with Crippen molar-refractivity contribution in [2.45, 2.75) is 19.4 Å². The van der Waals surface area contributed by atoms with Gasteiger partial charge in [-0.3, -0.25) is 0 Å². The Morgan fingerprint density at radius 2 is 2.14 bits per heavy atom. The summed E-state index contributed by atoms with van der Waals surface area (Å²) < 4.78 is 0. The molecule has 0 bridgehead atoms. The summed E-state index contributed by atoms with van der Waals surface area (Å²) in [6.07, 6.45) is 1.30. The number of rotatable bonds is 2. The van der Waals surface area contributed by atoms with Crippen LogP contribution in [0, 0.1) is 0 Å². The maximum Gasteiger partial charge on any atom is 0.0850 e. The third-order valence-electron chi connectivity index (χ3n) is 0.744. The number of hydrogen-bond donors (Lipinski definition) is 1. The molecule has 39 valence electrons. The van der Waals surface area contributed by atoms with Crippen molar-refractivity contribution in [3.63, 3.8) is 0 Å². The van der Waals surface area contributed by atoms with Crippen LogP contribution in [0.3, 0.4) is 0 Å². The summed E-state index contributed by atoms with van der Waals surface area (Å²) >= 11 is 0. The van der Waals surface area contributed by atoms with Crippen molar-refractivity contribution >= 4 is 37.1 Å². The quantitative estimate of drug-likeness (QED) is 0.451. The molecule has 1 unspecified atom stereocenters. The Labute approximate surface area is 62.1 Å². The summed E-state index contributed by atoms with van der Waals surface area (Å²) in [7, 11) is 0.764. The van der Waals surface area contributed by atoms with Crippen molar-refractivity contribution in [3.8, 4) is 0 Å². The molecule has 0 fully saturated rings. The molecule has 2 N–H and O–H groups in total. The van der Waals surface area contributed by atoms with Crippen LogP contribution in [0.2, 0.25) is 6.04 Å². The van der Waals surface area contributed by atoms with E-state index in [-0.39, 0.29) is 18.9 Å². The van der Waals surface area contributed by atoms with Gasteiger partial charge < -0.3 is 5.40 Å². The molecule has 7 heavy (non-hydrogen) atoms. The van der Waals surface area contributed by atoms with Gasteiger partial charge in [-0.15, -0.1) is 0 Å². The molecule has 0 amide bonds. The molecule has 0 aromatic carbocycles. The molecule has 1 atom stereocenters. The van der Waals surface area contributed by atoms with Crippen molar-refractivity contribution in [1.29, 1.82) is 0 Å². The monoisotopic (exact) mass is 126 g/mol. The predicted octanol–water partition coefficient (Wildman–Crippen LogP) is -1.44. The Morgan fingerprint density at radius 3 is 2.14 bits per heavy atom. The zero-order valence-electron chi connectivity index (χ0n) is 5.57. The molecular weight excluding hydrogens is 113 g/mol. The molecule has 0 aliphatic rings. The van der Waals surface area contributed by atoms with Gasteiger partial charge in [-0.05, 0) is 0 Å². The molecule has 0 aliphatic carbocycles. The van der Waals surface area contributed by atoms with Crippen LogP contribution >= 0.6 is 0 Å². The van der Waals surface area contributed by atoms with Crippen LogP contribution < -0.4 is 5.40 Å². The van der Waals surface area contributed by atoms with Crippen LogP contribution in [-0.2, 0) is 0 Å². The van der Waals surface area contributed by atoms with Crippen molar-refractivity contribution in [1.82, 2.24) is 0 Å². The van der Waals surface area contributed by atoms with Crippen molar-refractivity contribution in [2.75, 3.05) is 0 Å². The Balaban J connectivity index is 0. The van der Waals surface area contributed by atoms with E-state index < -0.39 is 8.48 Å². The summed E-state index contributed by atoms with van der Waals surface area (Å²) in [5.41, 5.74) is 0. The maximum atomic E-state index is 5.60. The summed E-state index contributed by atoms with van der Waals surface area (Å²) in [6.45, 7) is 2.20. The van der Waals surface area contributed by atoms with Gasteiger partial charge in [0.05, 0.1) is 8.48 Å². The first-order valence-electron chi connectivity index (χ1n) is 2.53. The van der Waals surface area contributed by atoms with Gasteiger partial charge in [-0.25, -0.2) is 0 Å². The molecule has 0 spiro atoms. The van der Waals surface area contributed by atoms with E-state index in [9.17, 15) is 0 Å². The van der Waals surface area contributed by atoms with Crippen LogP contribution in [0.4, 0.5) is 0 Å². The molecule has 1 radical (unpaired) electrons. The van der Waals surface area contributed by atoms with Crippen molar-refractivity contribution in [3.05, 3.63) is 0 Å². The molecule has 0 rings (SSSR count). The Morgan fingerprint density at radius 1 is 1.71 bits per heavy atom. The topological polar surface area (TPSA) is 26.0 Å². The predicted molar refractivity (Wildman–Crippen MR) is 42.1 cm³/mol. The van der Waals surface area contributed by atoms with Gasteiger partial charge in [0.2, 0.25) is 0 Å². The van der Waals surface area contributed by atoms with Gasteiger partial charge in [-0.1, -0.05) is 19.4 Å². The van der Waals surface area contributed by atoms with E-state index >= 15 is 0 Å². The molecule has 0 saturated heterocycles. The number of nitrogens with two attached hydrogens (primary N) is 1. The van der Waals surface area contributed by atoms with E-state index in [0.29, 0.717) is 0 Å². The third-order valence-corrected chi connectivity index (χ3v) is 3.96. The first-order valence-corrected chi connectivity index (χ1v) is 8.63. The molecule has 0 heterocycles. The smallest absolute Gasteiger partial charge is 0.0850 e. The van der Waals surface area contributed by atoms with Gasteiger partial charge in [-0.2, -0.15) is 0 Å². The fourth-order valence-corrected chi connectivity index (χ4v) is 3.10. The minimum atomic E-state index is -0.532. The van der Waals surface area contributed by atoms with E-state index in [2.05, 4.69) is 6.92 Å². The molecular formula is C3H13LiNSi2. The molecule has 0 aliphatic heterocycles. The first-order chi connectivity index (χ1) is 2.77. The largest absolute Gasteiger partial charge is 0.356 e. The van der Waals surface area contributed by atoms with Crippen LogP contribution in [-0.4, -0.2) is 37.1 Å². The second-order valence-electron chi connectivity index (χ2n) is 1.77. The van der Waals surface area contributed by atoms with Gasteiger partial charge in [0, 0.05) is 28.6 Å². The first kappa shape index (κ1) is 10.9. The van der Waals surface area contributed by atoms with Crippen molar-refractivity contribution < 1.29 is 0 Å². The second kappa shape index (κ2) is 6.99. The molecule has 0 saturated carbocycles.